The molecule has 0 aliphatic carbocycles. The molecule has 1 fully saturated rings. The van der Waals surface area contributed by atoms with Gasteiger partial charge >= 0.3 is 0 Å². The first-order valence-corrected chi connectivity index (χ1v) is 4.86. The summed E-state index contributed by atoms with van der Waals surface area (Å²) >= 11 is 0. The van der Waals surface area contributed by atoms with Crippen molar-refractivity contribution >= 4 is 0 Å². The molecule has 0 bridgehead atoms. The van der Waals surface area contributed by atoms with Gasteiger partial charge in [-0.15, -0.1) is 0 Å². The predicted molar refractivity (Wildman–Crippen MR) is 48.9 cm³/mol. The number of likely N-dealkylation sites (tertiary alicyclic amines) is 1. The van der Waals surface area contributed by atoms with Crippen LogP contribution in [0.3, 0.4) is 0 Å². The van der Waals surface area contributed by atoms with E-state index in [-0.39, 0.29) is 13.0 Å². The van der Waals surface area contributed by atoms with Gasteiger partial charge in [0.2, 0.25) is 0 Å². The van der Waals surface area contributed by atoms with E-state index in [1.165, 1.54) is 0 Å². The van der Waals surface area contributed by atoms with E-state index in [1.54, 1.807) is 11.9 Å². The van der Waals surface area contributed by atoms with Gasteiger partial charge in [0, 0.05) is 6.42 Å². The highest BCUT2D eigenvalue weighted by molar-refractivity contribution is 4.87. The maximum atomic E-state index is 13.4. The zero-order chi connectivity index (χ0) is 9.90. The summed E-state index contributed by atoms with van der Waals surface area (Å²) in [4.78, 5) is 1.76. The molecule has 0 saturated carbocycles. The van der Waals surface area contributed by atoms with Crippen molar-refractivity contribution in [3.05, 3.63) is 0 Å². The van der Waals surface area contributed by atoms with E-state index in [9.17, 15) is 8.78 Å². The first-order valence-electron chi connectivity index (χ1n) is 4.86. The van der Waals surface area contributed by atoms with E-state index in [0.29, 0.717) is 6.42 Å². The molecule has 0 aromatic carbocycles. The maximum absolute atomic E-state index is 13.4. The molecular weight excluding hydrogens is 174 g/mol. The minimum absolute atomic E-state index is 0.0668. The van der Waals surface area contributed by atoms with Crippen LogP contribution < -0.4 is 5.73 Å². The van der Waals surface area contributed by atoms with Crippen molar-refractivity contribution in [2.24, 2.45) is 5.73 Å². The summed E-state index contributed by atoms with van der Waals surface area (Å²) in [6.45, 7) is 0.849. The molecule has 0 spiro atoms. The molecule has 1 saturated heterocycles. The Morgan fingerprint density at radius 1 is 1.46 bits per heavy atom. The lowest BCUT2D eigenvalue weighted by molar-refractivity contribution is -0.0907. The molecule has 2 nitrogen and oxygen atoms in total. The smallest absolute Gasteiger partial charge is 0.264 e. The van der Waals surface area contributed by atoms with Gasteiger partial charge in [0.25, 0.3) is 5.92 Å². The lowest BCUT2D eigenvalue weighted by Crippen LogP contribution is -2.49. The molecule has 0 amide bonds. The third kappa shape index (κ3) is 2.61. The van der Waals surface area contributed by atoms with E-state index in [1.807, 2.05) is 0 Å². The van der Waals surface area contributed by atoms with Gasteiger partial charge in [-0.2, -0.15) is 0 Å². The van der Waals surface area contributed by atoms with Crippen molar-refractivity contribution in [3.63, 3.8) is 0 Å². The van der Waals surface area contributed by atoms with Crippen LogP contribution in [0.15, 0.2) is 0 Å². The number of nitrogens with zero attached hydrogens (tertiary/aromatic N) is 1. The fraction of sp³-hybridized carbons (Fsp3) is 1.00. The molecule has 1 aliphatic heterocycles. The average Bonchev–Trinajstić information content (AvgIpc) is 2.04. The summed E-state index contributed by atoms with van der Waals surface area (Å²) < 4.78 is 26.9. The molecule has 78 valence electrons. The molecule has 1 atom stereocenters. The fourth-order valence-electron chi connectivity index (χ4n) is 1.97. The zero-order valence-corrected chi connectivity index (χ0v) is 8.10. The minimum Gasteiger partial charge on any atom is -0.330 e. The normalized spacial score (nSPS) is 26.3. The summed E-state index contributed by atoms with van der Waals surface area (Å²) in [7, 11) is 1.77. The summed E-state index contributed by atoms with van der Waals surface area (Å²) in [5.74, 6) is -2.61. The first-order chi connectivity index (χ1) is 6.08. The molecular formula is C9H18F2N2. The van der Waals surface area contributed by atoms with E-state index in [0.717, 1.165) is 19.4 Å². The molecule has 0 aromatic heterocycles. The zero-order valence-electron chi connectivity index (χ0n) is 8.10. The van der Waals surface area contributed by atoms with Gasteiger partial charge in [0.05, 0.1) is 6.04 Å². The van der Waals surface area contributed by atoms with Crippen LogP contribution in [-0.4, -0.2) is 37.0 Å². The maximum Gasteiger partial charge on any atom is 0.264 e. The lowest BCUT2D eigenvalue weighted by Gasteiger charge is -2.37. The quantitative estimate of drug-likeness (QED) is 0.733. The van der Waals surface area contributed by atoms with Crippen LogP contribution in [0.2, 0.25) is 0 Å². The van der Waals surface area contributed by atoms with Crippen LogP contribution in [0.1, 0.15) is 25.7 Å². The number of hydrogen-bond acceptors (Lipinski definition) is 2. The van der Waals surface area contributed by atoms with Crippen LogP contribution >= 0.6 is 0 Å². The SMILES string of the molecule is CN1CCCCC1C(F)(F)CCN. The van der Waals surface area contributed by atoms with Crippen LogP contribution in [0.5, 0.6) is 0 Å². The highest BCUT2D eigenvalue weighted by Gasteiger charge is 2.41. The Labute approximate surface area is 78.1 Å². The molecule has 0 radical (unpaired) electrons. The minimum atomic E-state index is -2.61. The van der Waals surface area contributed by atoms with Crippen molar-refractivity contribution in [1.82, 2.24) is 4.90 Å². The summed E-state index contributed by atoms with van der Waals surface area (Å²) in [6, 6.07) is -0.593. The third-order valence-electron chi connectivity index (χ3n) is 2.74. The highest BCUT2D eigenvalue weighted by Crippen LogP contribution is 2.31. The Hall–Kier alpha value is -0.220. The second-order valence-electron chi connectivity index (χ2n) is 3.79. The molecule has 13 heavy (non-hydrogen) atoms. The second-order valence-corrected chi connectivity index (χ2v) is 3.79. The Bertz CT molecular complexity index is 162. The first kappa shape index (κ1) is 10.9. The molecule has 0 aromatic rings. The van der Waals surface area contributed by atoms with Crippen molar-refractivity contribution < 1.29 is 8.78 Å². The Morgan fingerprint density at radius 3 is 2.69 bits per heavy atom. The summed E-state index contributed by atoms with van der Waals surface area (Å²) in [6.07, 6.45) is 2.35. The second kappa shape index (κ2) is 4.33. The van der Waals surface area contributed by atoms with Crippen molar-refractivity contribution in [1.29, 1.82) is 0 Å². The average molecular weight is 192 g/mol. The molecule has 2 N–H and O–H groups in total. The summed E-state index contributed by atoms with van der Waals surface area (Å²) in [5.41, 5.74) is 5.17. The van der Waals surface area contributed by atoms with Crippen molar-refractivity contribution in [2.75, 3.05) is 20.1 Å². The van der Waals surface area contributed by atoms with Crippen LogP contribution in [0, 0.1) is 0 Å². The van der Waals surface area contributed by atoms with Gasteiger partial charge in [-0.3, -0.25) is 4.90 Å². The van der Waals surface area contributed by atoms with E-state index < -0.39 is 12.0 Å². The van der Waals surface area contributed by atoms with Gasteiger partial charge in [-0.1, -0.05) is 6.42 Å². The number of rotatable bonds is 3. The van der Waals surface area contributed by atoms with Crippen LogP contribution in [0.25, 0.3) is 0 Å². The van der Waals surface area contributed by atoms with Gasteiger partial charge in [0.15, 0.2) is 0 Å². The van der Waals surface area contributed by atoms with Crippen molar-refractivity contribution in [3.8, 4) is 0 Å². The van der Waals surface area contributed by atoms with Crippen LogP contribution in [0.4, 0.5) is 8.78 Å². The summed E-state index contributed by atoms with van der Waals surface area (Å²) in [5, 5.41) is 0. The number of halogens is 2. The monoisotopic (exact) mass is 192 g/mol. The van der Waals surface area contributed by atoms with E-state index in [2.05, 4.69) is 0 Å². The van der Waals surface area contributed by atoms with Gasteiger partial charge in [-0.25, -0.2) is 8.78 Å². The van der Waals surface area contributed by atoms with Gasteiger partial charge in [0.1, 0.15) is 0 Å². The molecule has 4 heteroatoms. The standard InChI is InChI=1S/C9H18F2N2/c1-13-7-3-2-4-8(13)9(10,11)5-6-12/h8H,2-7,12H2,1H3. The molecule has 1 unspecified atom stereocenters. The Morgan fingerprint density at radius 2 is 2.15 bits per heavy atom. The molecule has 1 heterocycles. The predicted octanol–water partition coefficient (Wildman–Crippen LogP) is 1.45. The Balaban J connectivity index is 2.56. The Kier molecular flexibility index (Phi) is 3.62. The molecule has 1 aliphatic rings. The number of nitrogens with two attached hydrogens (primary N) is 1. The van der Waals surface area contributed by atoms with Gasteiger partial charge < -0.3 is 5.73 Å². The van der Waals surface area contributed by atoms with Crippen LogP contribution in [-0.2, 0) is 0 Å². The number of piperidine rings is 1. The largest absolute Gasteiger partial charge is 0.330 e. The molecule has 1 rings (SSSR count). The number of alkyl halides is 2. The van der Waals surface area contributed by atoms with E-state index in [4.69, 9.17) is 5.73 Å². The fourth-order valence-corrected chi connectivity index (χ4v) is 1.97. The van der Waals surface area contributed by atoms with Gasteiger partial charge in [-0.05, 0) is 33.0 Å². The lowest BCUT2D eigenvalue weighted by atomic mass is 9.95. The highest BCUT2D eigenvalue weighted by atomic mass is 19.3. The third-order valence-corrected chi connectivity index (χ3v) is 2.74. The topological polar surface area (TPSA) is 29.3 Å². The number of hydrogen-bond donors (Lipinski definition) is 1. The van der Waals surface area contributed by atoms with E-state index >= 15 is 0 Å². The van der Waals surface area contributed by atoms with Crippen molar-refractivity contribution in [2.45, 2.75) is 37.6 Å².